The zero-order valence-electron chi connectivity index (χ0n) is 11.1. The summed E-state index contributed by atoms with van der Waals surface area (Å²) < 4.78 is 62.2. The number of hydrogen-bond donors (Lipinski definition) is 2. The number of nitrogens with one attached hydrogen (secondary N) is 2. The Labute approximate surface area is 124 Å². The van der Waals surface area contributed by atoms with Crippen LogP contribution in [0.4, 0.5) is 22.0 Å². The minimum Gasteiger partial charge on any atom is -0.271 e. The maximum absolute atomic E-state index is 12.6. The van der Waals surface area contributed by atoms with E-state index in [1.54, 1.807) is 24.3 Å². The molecule has 12 heteroatoms. The molecule has 0 atom stereocenters. The third kappa shape index (κ3) is 3.35. The van der Waals surface area contributed by atoms with Crippen LogP contribution in [0.15, 0.2) is 24.3 Å². The first-order chi connectivity index (χ1) is 10.6. The number of alkyl halides is 5. The van der Waals surface area contributed by atoms with Crippen molar-refractivity contribution >= 4 is 22.8 Å². The van der Waals surface area contributed by atoms with Gasteiger partial charge in [-0.3, -0.25) is 20.4 Å². The van der Waals surface area contributed by atoms with Gasteiger partial charge in [-0.15, -0.1) is 5.10 Å². The molecule has 0 saturated heterocycles. The number of rotatable bonds is 3. The summed E-state index contributed by atoms with van der Waals surface area (Å²) in [5.41, 5.74) is 3.37. The Morgan fingerprint density at radius 1 is 1.09 bits per heavy atom. The molecular formula is C11H8F5N5O2. The maximum atomic E-state index is 12.6. The molecule has 0 spiro atoms. The van der Waals surface area contributed by atoms with E-state index in [0.717, 1.165) is 10.1 Å². The van der Waals surface area contributed by atoms with Gasteiger partial charge in [-0.1, -0.05) is 17.3 Å². The Morgan fingerprint density at radius 3 is 2.39 bits per heavy atom. The van der Waals surface area contributed by atoms with E-state index in [-0.39, 0.29) is 0 Å². The molecule has 23 heavy (non-hydrogen) atoms. The summed E-state index contributed by atoms with van der Waals surface area (Å²) in [6.07, 6.45) is -6.07. The van der Waals surface area contributed by atoms with Crippen molar-refractivity contribution in [3.63, 3.8) is 0 Å². The van der Waals surface area contributed by atoms with Crippen molar-refractivity contribution in [1.29, 1.82) is 0 Å². The molecule has 124 valence electrons. The third-order valence-corrected chi connectivity index (χ3v) is 2.67. The fraction of sp³-hybridized carbons (Fsp3) is 0.273. The second kappa shape index (κ2) is 5.78. The van der Waals surface area contributed by atoms with Crippen molar-refractivity contribution in [1.82, 2.24) is 25.8 Å². The van der Waals surface area contributed by atoms with Gasteiger partial charge in [-0.05, 0) is 12.1 Å². The quantitative estimate of drug-likeness (QED) is 0.640. The summed E-state index contributed by atoms with van der Waals surface area (Å²) >= 11 is 0. The number of hydrogen-bond acceptors (Lipinski definition) is 4. The van der Waals surface area contributed by atoms with Crippen molar-refractivity contribution in [2.45, 2.75) is 18.6 Å². The zero-order chi connectivity index (χ0) is 17.3. The van der Waals surface area contributed by atoms with Crippen LogP contribution in [0.25, 0.3) is 11.0 Å². The first-order valence-corrected chi connectivity index (χ1v) is 5.95. The fourth-order valence-corrected chi connectivity index (χ4v) is 1.54. The maximum Gasteiger partial charge on any atom is 0.463 e. The predicted octanol–water partition coefficient (Wildman–Crippen LogP) is 0.776. The van der Waals surface area contributed by atoms with Gasteiger partial charge in [0.05, 0.1) is 5.52 Å². The molecular weight excluding hydrogens is 329 g/mol. The fourth-order valence-electron chi connectivity index (χ4n) is 1.54. The molecule has 0 bridgehead atoms. The topological polar surface area (TPSA) is 88.9 Å². The Hall–Kier alpha value is -2.79. The van der Waals surface area contributed by atoms with Crippen molar-refractivity contribution < 1.29 is 31.5 Å². The Bertz CT molecular complexity index is 742. The van der Waals surface area contributed by atoms with E-state index in [1.165, 1.54) is 5.43 Å². The Balaban J connectivity index is 1.97. The molecule has 0 aliphatic heterocycles. The van der Waals surface area contributed by atoms with E-state index < -0.39 is 30.5 Å². The van der Waals surface area contributed by atoms with Gasteiger partial charge in [-0.25, -0.2) is 4.68 Å². The molecule has 0 fully saturated rings. The molecule has 2 rings (SSSR count). The summed E-state index contributed by atoms with van der Waals surface area (Å²) in [6.45, 7) is -0.543. The largest absolute Gasteiger partial charge is 0.463 e. The van der Waals surface area contributed by atoms with Crippen molar-refractivity contribution in [2.75, 3.05) is 0 Å². The van der Waals surface area contributed by atoms with Gasteiger partial charge in [0.25, 0.3) is 5.91 Å². The lowest BCUT2D eigenvalue weighted by Gasteiger charge is -2.18. The Morgan fingerprint density at radius 2 is 1.74 bits per heavy atom. The van der Waals surface area contributed by atoms with Crippen LogP contribution < -0.4 is 10.9 Å². The van der Waals surface area contributed by atoms with Crippen LogP contribution in [0.1, 0.15) is 0 Å². The predicted molar refractivity (Wildman–Crippen MR) is 64.8 cm³/mol. The van der Waals surface area contributed by atoms with Crippen molar-refractivity contribution in [2.24, 2.45) is 0 Å². The van der Waals surface area contributed by atoms with Gasteiger partial charge in [0.15, 0.2) is 0 Å². The minimum atomic E-state index is -6.07. The number of para-hydroxylation sites is 1. The second-order valence-corrected chi connectivity index (χ2v) is 4.31. The lowest BCUT2D eigenvalue weighted by molar-refractivity contribution is -0.270. The number of amides is 2. The number of aromatic nitrogens is 3. The van der Waals surface area contributed by atoms with E-state index in [9.17, 15) is 31.5 Å². The molecule has 2 amide bonds. The monoisotopic (exact) mass is 337 g/mol. The molecule has 0 aliphatic rings. The standard InChI is InChI=1S/C11H8F5N5O2/c12-10(13,11(14,15)16)9(23)19-18-8(22)5-21-7-4-2-1-3-6(7)17-20-21/h1-4H,5H2,(H,18,22)(H,19,23). The van der Waals surface area contributed by atoms with Crippen LogP contribution in [0, 0.1) is 0 Å². The molecule has 0 aliphatic carbocycles. The van der Waals surface area contributed by atoms with Crippen LogP contribution in [0.2, 0.25) is 0 Å². The molecule has 7 nitrogen and oxygen atoms in total. The highest BCUT2D eigenvalue weighted by Crippen LogP contribution is 2.35. The van der Waals surface area contributed by atoms with Crippen LogP contribution in [-0.2, 0) is 16.1 Å². The number of fused-ring (bicyclic) bond motifs is 1. The zero-order valence-corrected chi connectivity index (χ0v) is 11.1. The molecule has 1 heterocycles. The summed E-state index contributed by atoms with van der Waals surface area (Å²) in [7, 11) is 0. The number of benzene rings is 1. The number of nitrogens with zero attached hydrogens (tertiary/aromatic N) is 3. The van der Waals surface area contributed by atoms with Gasteiger partial charge in [0, 0.05) is 0 Å². The van der Waals surface area contributed by atoms with Gasteiger partial charge in [0.2, 0.25) is 0 Å². The summed E-state index contributed by atoms with van der Waals surface area (Å²) in [6, 6.07) is 6.47. The van der Waals surface area contributed by atoms with Crippen molar-refractivity contribution in [3.05, 3.63) is 24.3 Å². The normalized spacial score (nSPS) is 12.2. The average Bonchev–Trinajstić information content (AvgIpc) is 2.87. The molecule has 2 N–H and O–H groups in total. The van der Waals surface area contributed by atoms with Crippen LogP contribution in [-0.4, -0.2) is 38.9 Å². The SMILES string of the molecule is O=C(Cn1nnc2ccccc21)NNC(=O)C(F)(F)C(F)(F)F. The smallest absolute Gasteiger partial charge is 0.271 e. The number of carbonyl (C=O) groups is 2. The van der Waals surface area contributed by atoms with Crippen LogP contribution in [0.3, 0.4) is 0 Å². The highest BCUT2D eigenvalue weighted by Gasteiger charge is 2.63. The molecule has 0 unspecified atom stereocenters. The average molecular weight is 337 g/mol. The van der Waals surface area contributed by atoms with E-state index in [4.69, 9.17) is 0 Å². The number of hydrazine groups is 1. The third-order valence-electron chi connectivity index (χ3n) is 2.67. The number of carbonyl (C=O) groups excluding carboxylic acids is 2. The molecule has 1 aromatic carbocycles. The summed E-state index contributed by atoms with van der Waals surface area (Å²) in [5, 5.41) is 7.33. The first kappa shape index (κ1) is 16.6. The summed E-state index contributed by atoms with van der Waals surface area (Å²) in [5.74, 6) is -9.38. The van der Waals surface area contributed by atoms with Crippen molar-refractivity contribution in [3.8, 4) is 0 Å². The van der Waals surface area contributed by atoms with Gasteiger partial charge in [-0.2, -0.15) is 22.0 Å². The summed E-state index contributed by atoms with van der Waals surface area (Å²) in [4.78, 5) is 22.3. The van der Waals surface area contributed by atoms with Crippen LogP contribution >= 0.6 is 0 Å². The minimum absolute atomic E-state index is 0.439. The lowest BCUT2D eigenvalue weighted by Crippen LogP contribution is -2.55. The van der Waals surface area contributed by atoms with E-state index in [0.29, 0.717) is 11.0 Å². The van der Waals surface area contributed by atoms with E-state index in [2.05, 4.69) is 10.3 Å². The number of halogens is 5. The highest BCUT2D eigenvalue weighted by molar-refractivity contribution is 5.87. The molecule has 1 aromatic heterocycles. The first-order valence-electron chi connectivity index (χ1n) is 5.95. The second-order valence-electron chi connectivity index (χ2n) is 4.31. The molecule has 0 radical (unpaired) electrons. The lowest BCUT2D eigenvalue weighted by atomic mass is 10.3. The van der Waals surface area contributed by atoms with Crippen LogP contribution in [0.5, 0.6) is 0 Å². The highest BCUT2D eigenvalue weighted by atomic mass is 19.4. The van der Waals surface area contributed by atoms with E-state index >= 15 is 0 Å². The van der Waals surface area contributed by atoms with Gasteiger partial charge < -0.3 is 0 Å². The molecule has 2 aromatic rings. The van der Waals surface area contributed by atoms with Gasteiger partial charge in [0.1, 0.15) is 12.1 Å². The molecule has 0 saturated carbocycles. The van der Waals surface area contributed by atoms with Gasteiger partial charge >= 0.3 is 18.0 Å². The Kier molecular flexibility index (Phi) is 4.16. The van der Waals surface area contributed by atoms with E-state index in [1.807, 2.05) is 0 Å².